The molecule has 0 aliphatic rings. The van der Waals surface area contributed by atoms with Crippen LogP contribution in [-0.2, 0) is 6.54 Å². The average molecular weight is 346 g/mol. The summed E-state index contributed by atoms with van der Waals surface area (Å²) in [6.45, 7) is 5.50. The van der Waals surface area contributed by atoms with Crippen molar-refractivity contribution in [1.82, 2.24) is 4.90 Å². The van der Waals surface area contributed by atoms with E-state index in [4.69, 9.17) is 0 Å². The van der Waals surface area contributed by atoms with Crippen molar-refractivity contribution in [3.8, 4) is 0 Å². The molecule has 0 radical (unpaired) electrons. The number of amides is 1. The molecule has 0 bridgehead atoms. The maximum absolute atomic E-state index is 12.8. The van der Waals surface area contributed by atoms with Gasteiger partial charge in [-0.05, 0) is 47.0 Å². The molecule has 0 unspecified atom stereocenters. The van der Waals surface area contributed by atoms with E-state index in [0.29, 0.717) is 6.54 Å². The molecule has 3 heteroatoms. The molecule has 0 aliphatic heterocycles. The minimum Gasteiger partial charge on any atom is -0.334 e. The highest BCUT2D eigenvalue weighted by molar-refractivity contribution is 9.10. The molecule has 0 heterocycles. The molecule has 0 N–H and O–H groups in total. The largest absolute Gasteiger partial charge is 0.334 e. The number of hydrogen-bond acceptors (Lipinski definition) is 1. The van der Waals surface area contributed by atoms with Gasteiger partial charge < -0.3 is 4.90 Å². The van der Waals surface area contributed by atoms with Crippen molar-refractivity contribution in [1.29, 1.82) is 0 Å². The summed E-state index contributed by atoms with van der Waals surface area (Å²) in [6, 6.07) is 16.0. The standard InChI is InChI=1S/C18H20BrNO/c1-3-11-20(13-15-7-5-4-6-8-15)18(21)16-12-14(2)9-10-17(16)19/h4-10,12H,3,11,13H2,1-2H3. The van der Waals surface area contributed by atoms with Crippen LogP contribution in [0.4, 0.5) is 0 Å². The molecule has 2 nitrogen and oxygen atoms in total. The Hall–Kier alpha value is -1.61. The van der Waals surface area contributed by atoms with Crippen molar-refractivity contribution < 1.29 is 4.79 Å². The van der Waals surface area contributed by atoms with E-state index in [1.165, 1.54) is 0 Å². The maximum atomic E-state index is 12.8. The Morgan fingerprint density at radius 3 is 2.52 bits per heavy atom. The Morgan fingerprint density at radius 2 is 1.86 bits per heavy atom. The Labute approximate surface area is 134 Å². The van der Waals surface area contributed by atoms with E-state index in [1.54, 1.807) is 0 Å². The minimum atomic E-state index is 0.0799. The van der Waals surface area contributed by atoms with Crippen molar-refractivity contribution in [2.45, 2.75) is 26.8 Å². The van der Waals surface area contributed by atoms with Crippen molar-refractivity contribution in [2.75, 3.05) is 6.54 Å². The summed E-state index contributed by atoms with van der Waals surface area (Å²) in [5, 5.41) is 0. The lowest BCUT2D eigenvalue weighted by molar-refractivity contribution is 0.0742. The van der Waals surface area contributed by atoms with Gasteiger partial charge >= 0.3 is 0 Å². The summed E-state index contributed by atoms with van der Waals surface area (Å²) in [4.78, 5) is 14.7. The number of carbonyl (C=O) groups excluding carboxylic acids is 1. The van der Waals surface area contributed by atoms with Crippen LogP contribution in [0.2, 0.25) is 0 Å². The Bertz CT molecular complexity index is 610. The SMILES string of the molecule is CCCN(Cc1ccccc1)C(=O)c1cc(C)ccc1Br. The number of rotatable bonds is 5. The van der Waals surface area contributed by atoms with E-state index in [-0.39, 0.29) is 5.91 Å². The zero-order valence-corrected chi connectivity index (χ0v) is 14.1. The van der Waals surface area contributed by atoms with Gasteiger partial charge in [0.15, 0.2) is 0 Å². The van der Waals surface area contributed by atoms with Gasteiger partial charge in [-0.2, -0.15) is 0 Å². The fraction of sp³-hybridized carbons (Fsp3) is 0.278. The second-order valence-corrected chi connectivity index (χ2v) is 6.05. The second-order valence-electron chi connectivity index (χ2n) is 5.20. The topological polar surface area (TPSA) is 20.3 Å². The van der Waals surface area contributed by atoms with Crippen LogP contribution in [0.15, 0.2) is 53.0 Å². The van der Waals surface area contributed by atoms with Crippen LogP contribution in [0, 0.1) is 6.92 Å². The van der Waals surface area contributed by atoms with Gasteiger partial charge in [-0.1, -0.05) is 48.9 Å². The van der Waals surface area contributed by atoms with Crippen molar-refractivity contribution in [2.24, 2.45) is 0 Å². The van der Waals surface area contributed by atoms with Gasteiger partial charge in [-0.3, -0.25) is 4.79 Å². The van der Waals surface area contributed by atoms with Crippen LogP contribution in [-0.4, -0.2) is 17.4 Å². The highest BCUT2D eigenvalue weighted by Crippen LogP contribution is 2.21. The maximum Gasteiger partial charge on any atom is 0.255 e. The lowest BCUT2D eigenvalue weighted by Gasteiger charge is -2.23. The molecule has 0 saturated heterocycles. The third kappa shape index (κ3) is 4.18. The van der Waals surface area contributed by atoms with Gasteiger partial charge in [0.25, 0.3) is 5.91 Å². The van der Waals surface area contributed by atoms with Gasteiger partial charge in [-0.25, -0.2) is 0 Å². The predicted molar refractivity (Wildman–Crippen MR) is 90.4 cm³/mol. The molecule has 0 spiro atoms. The summed E-state index contributed by atoms with van der Waals surface area (Å²) < 4.78 is 0.854. The highest BCUT2D eigenvalue weighted by Gasteiger charge is 2.18. The van der Waals surface area contributed by atoms with Crippen LogP contribution in [0.1, 0.15) is 34.8 Å². The highest BCUT2D eigenvalue weighted by atomic mass is 79.9. The smallest absolute Gasteiger partial charge is 0.255 e. The first kappa shape index (κ1) is 15.8. The number of nitrogens with zero attached hydrogens (tertiary/aromatic N) is 1. The molecule has 0 fully saturated rings. The molecule has 2 aromatic carbocycles. The van der Waals surface area contributed by atoms with Crippen molar-refractivity contribution >= 4 is 21.8 Å². The van der Waals surface area contributed by atoms with Crippen molar-refractivity contribution in [3.05, 3.63) is 69.7 Å². The Morgan fingerprint density at radius 1 is 1.14 bits per heavy atom. The van der Waals surface area contributed by atoms with Crippen molar-refractivity contribution in [3.63, 3.8) is 0 Å². The van der Waals surface area contributed by atoms with Gasteiger partial charge in [-0.15, -0.1) is 0 Å². The monoisotopic (exact) mass is 345 g/mol. The number of halogens is 1. The first-order chi connectivity index (χ1) is 10.1. The van der Waals surface area contributed by atoms with E-state index >= 15 is 0 Å². The van der Waals surface area contributed by atoms with E-state index in [2.05, 4.69) is 35.0 Å². The summed E-state index contributed by atoms with van der Waals surface area (Å²) in [5.41, 5.74) is 2.99. The average Bonchev–Trinajstić information content (AvgIpc) is 2.49. The molecule has 0 atom stereocenters. The van der Waals surface area contributed by atoms with Gasteiger partial charge in [0.2, 0.25) is 0 Å². The normalized spacial score (nSPS) is 10.4. The molecule has 2 rings (SSSR count). The second kappa shape index (κ2) is 7.41. The third-order valence-electron chi connectivity index (χ3n) is 3.35. The first-order valence-corrected chi connectivity index (χ1v) is 8.00. The molecule has 2 aromatic rings. The van der Waals surface area contributed by atoms with E-state index in [0.717, 1.165) is 34.1 Å². The van der Waals surface area contributed by atoms with Gasteiger partial charge in [0.1, 0.15) is 0 Å². The number of aryl methyl sites for hydroxylation is 1. The van der Waals surface area contributed by atoms with Crippen LogP contribution < -0.4 is 0 Å². The lowest BCUT2D eigenvalue weighted by atomic mass is 10.1. The molecule has 1 amide bonds. The Balaban J connectivity index is 2.25. The van der Waals surface area contributed by atoms with Crippen LogP contribution in [0.3, 0.4) is 0 Å². The lowest BCUT2D eigenvalue weighted by Crippen LogP contribution is -2.31. The van der Waals surface area contributed by atoms with Crippen LogP contribution in [0.5, 0.6) is 0 Å². The zero-order valence-electron chi connectivity index (χ0n) is 12.5. The van der Waals surface area contributed by atoms with E-state index in [9.17, 15) is 4.79 Å². The predicted octanol–water partition coefficient (Wildman–Crippen LogP) is 4.81. The molecule has 110 valence electrons. The molecular formula is C18H20BrNO. The first-order valence-electron chi connectivity index (χ1n) is 7.21. The van der Waals surface area contributed by atoms with Crippen LogP contribution >= 0.6 is 15.9 Å². The van der Waals surface area contributed by atoms with Gasteiger partial charge in [0, 0.05) is 17.6 Å². The minimum absolute atomic E-state index is 0.0799. The number of hydrogen-bond donors (Lipinski definition) is 0. The summed E-state index contributed by atoms with van der Waals surface area (Å²) in [6.07, 6.45) is 0.946. The number of benzene rings is 2. The van der Waals surface area contributed by atoms with E-state index < -0.39 is 0 Å². The summed E-state index contributed by atoms with van der Waals surface area (Å²) >= 11 is 3.49. The van der Waals surface area contributed by atoms with Gasteiger partial charge in [0.05, 0.1) is 5.56 Å². The zero-order chi connectivity index (χ0) is 15.2. The number of carbonyl (C=O) groups is 1. The van der Waals surface area contributed by atoms with Crippen LogP contribution in [0.25, 0.3) is 0 Å². The van der Waals surface area contributed by atoms with E-state index in [1.807, 2.05) is 48.2 Å². The molecule has 21 heavy (non-hydrogen) atoms. The molecule has 0 aliphatic carbocycles. The fourth-order valence-electron chi connectivity index (χ4n) is 2.30. The summed E-state index contributed by atoms with van der Waals surface area (Å²) in [5.74, 6) is 0.0799. The molecular weight excluding hydrogens is 326 g/mol. The molecule has 0 aromatic heterocycles. The quantitative estimate of drug-likeness (QED) is 0.761. The summed E-state index contributed by atoms with van der Waals surface area (Å²) in [7, 11) is 0. The third-order valence-corrected chi connectivity index (χ3v) is 4.04. The molecule has 0 saturated carbocycles. The fourth-order valence-corrected chi connectivity index (χ4v) is 2.72. The Kier molecular flexibility index (Phi) is 5.57.